The van der Waals surface area contributed by atoms with Crippen LogP contribution in [0.3, 0.4) is 0 Å². The van der Waals surface area contributed by atoms with Gasteiger partial charge in [-0.2, -0.15) is 0 Å². The summed E-state index contributed by atoms with van der Waals surface area (Å²) in [5, 5.41) is 1.12. The molecule has 0 spiro atoms. The molecule has 14 heavy (non-hydrogen) atoms. The predicted octanol–water partition coefficient (Wildman–Crippen LogP) is 3.14. The van der Waals surface area contributed by atoms with E-state index in [-0.39, 0.29) is 5.54 Å². The molecule has 0 aliphatic heterocycles. The number of hydrogen-bond donors (Lipinski definition) is 1. The first kappa shape index (κ1) is 8.50. The van der Waals surface area contributed by atoms with Crippen molar-refractivity contribution < 1.29 is 4.42 Å². The van der Waals surface area contributed by atoms with Crippen molar-refractivity contribution in [2.24, 2.45) is 5.73 Å². The van der Waals surface area contributed by atoms with E-state index in [1.165, 1.54) is 0 Å². The molecule has 1 saturated carbocycles. The van der Waals surface area contributed by atoms with Crippen molar-refractivity contribution in [1.29, 1.82) is 0 Å². The van der Waals surface area contributed by atoms with Crippen molar-refractivity contribution in [2.45, 2.75) is 18.4 Å². The van der Waals surface area contributed by atoms with Crippen LogP contribution in [0.4, 0.5) is 0 Å². The molecule has 1 heterocycles. The van der Waals surface area contributed by atoms with E-state index in [4.69, 9.17) is 10.2 Å². The van der Waals surface area contributed by atoms with Crippen LogP contribution in [-0.2, 0) is 5.54 Å². The van der Waals surface area contributed by atoms with Crippen molar-refractivity contribution in [3.63, 3.8) is 0 Å². The molecule has 1 aromatic carbocycles. The minimum absolute atomic E-state index is 0.175. The van der Waals surface area contributed by atoms with Gasteiger partial charge in [0.1, 0.15) is 11.3 Å². The third kappa shape index (κ3) is 1.20. The molecule has 3 heteroatoms. The van der Waals surface area contributed by atoms with Crippen LogP contribution in [0.1, 0.15) is 18.6 Å². The highest BCUT2D eigenvalue weighted by atomic mass is 79.9. The zero-order valence-corrected chi connectivity index (χ0v) is 9.17. The highest BCUT2D eigenvalue weighted by molar-refractivity contribution is 9.10. The molecule has 3 rings (SSSR count). The Morgan fingerprint density at radius 2 is 2.07 bits per heavy atom. The summed E-state index contributed by atoms with van der Waals surface area (Å²) < 4.78 is 6.76. The lowest BCUT2D eigenvalue weighted by Gasteiger charge is -2.01. The summed E-state index contributed by atoms with van der Waals surface area (Å²) in [6, 6.07) is 8.08. The van der Waals surface area contributed by atoms with Gasteiger partial charge in [0.15, 0.2) is 0 Å². The number of hydrogen-bond acceptors (Lipinski definition) is 2. The third-order valence-corrected chi connectivity index (χ3v) is 3.25. The number of benzene rings is 1. The Kier molecular flexibility index (Phi) is 1.59. The maximum absolute atomic E-state index is 6.06. The predicted molar refractivity (Wildman–Crippen MR) is 59.0 cm³/mol. The van der Waals surface area contributed by atoms with E-state index in [1.54, 1.807) is 0 Å². The maximum Gasteiger partial charge on any atom is 0.135 e. The number of furan rings is 1. The van der Waals surface area contributed by atoms with E-state index < -0.39 is 0 Å². The van der Waals surface area contributed by atoms with Gasteiger partial charge in [-0.3, -0.25) is 0 Å². The van der Waals surface area contributed by atoms with Crippen LogP contribution in [0.2, 0.25) is 0 Å². The Bertz CT molecular complexity index is 499. The number of nitrogens with two attached hydrogens (primary N) is 1. The van der Waals surface area contributed by atoms with Crippen LogP contribution in [0, 0.1) is 0 Å². The molecule has 0 saturated heterocycles. The molecule has 1 fully saturated rings. The fourth-order valence-corrected chi connectivity index (χ4v) is 1.97. The molecule has 0 radical (unpaired) electrons. The van der Waals surface area contributed by atoms with Crippen LogP contribution >= 0.6 is 15.9 Å². The fourth-order valence-electron chi connectivity index (χ4n) is 1.63. The zero-order valence-electron chi connectivity index (χ0n) is 7.59. The maximum atomic E-state index is 6.06. The van der Waals surface area contributed by atoms with Gasteiger partial charge in [-0.25, -0.2) is 0 Å². The van der Waals surface area contributed by atoms with Crippen molar-refractivity contribution in [3.8, 4) is 0 Å². The summed E-state index contributed by atoms with van der Waals surface area (Å²) in [5.74, 6) is 0.922. The van der Waals surface area contributed by atoms with E-state index in [0.717, 1.165) is 34.0 Å². The van der Waals surface area contributed by atoms with Crippen molar-refractivity contribution >= 4 is 26.9 Å². The van der Waals surface area contributed by atoms with Gasteiger partial charge in [0, 0.05) is 9.86 Å². The molecule has 0 unspecified atom stereocenters. The molecule has 2 aromatic rings. The smallest absolute Gasteiger partial charge is 0.135 e. The fraction of sp³-hybridized carbons (Fsp3) is 0.273. The minimum Gasteiger partial charge on any atom is -0.459 e. The first-order chi connectivity index (χ1) is 6.67. The molecule has 1 aromatic heterocycles. The van der Waals surface area contributed by atoms with Crippen molar-refractivity contribution in [1.82, 2.24) is 0 Å². The van der Waals surface area contributed by atoms with Gasteiger partial charge < -0.3 is 10.2 Å². The average molecular weight is 252 g/mol. The van der Waals surface area contributed by atoms with Gasteiger partial charge in [0.2, 0.25) is 0 Å². The molecule has 0 bridgehead atoms. The second-order valence-corrected chi connectivity index (χ2v) is 4.86. The number of fused-ring (bicyclic) bond motifs is 1. The second-order valence-electron chi connectivity index (χ2n) is 3.95. The molecule has 72 valence electrons. The third-order valence-electron chi connectivity index (χ3n) is 2.76. The van der Waals surface area contributed by atoms with Crippen LogP contribution in [-0.4, -0.2) is 0 Å². The van der Waals surface area contributed by atoms with E-state index >= 15 is 0 Å². The van der Waals surface area contributed by atoms with Gasteiger partial charge in [-0.05, 0) is 37.1 Å². The summed E-state index contributed by atoms with van der Waals surface area (Å²) in [4.78, 5) is 0. The lowest BCUT2D eigenvalue weighted by Crippen LogP contribution is -2.17. The summed E-state index contributed by atoms with van der Waals surface area (Å²) >= 11 is 3.42. The van der Waals surface area contributed by atoms with E-state index in [2.05, 4.69) is 22.0 Å². The molecule has 2 N–H and O–H groups in total. The highest BCUT2D eigenvalue weighted by Gasteiger charge is 2.43. The normalized spacial score (nSPS) is 18.7. The second kappa shape index (κ2) is 2.61. The summed E-state index contributed by atoms with van der Waals surface area (Å²) in [7, 11) is 0. The number of halogens is 1. The van der Waals surface area contributed by atoms with Gasteiger partial charge in [-0.15, -0.1) is 0 Å². The summed E-state index contributed by atoms with van der Waals surface area (Å²) in [6.45, 7) is 0. The molecule has 1 aliphatic carbocycles. The Hall–Kier alpha value is -0.800. The molecule has 2 nitrogen and oxygen atoms in total. The quantitative estimate of drug-likeness (QED) is 0.846. The van der Waals surface area contributed by atoms with Gasteiger partial charge >= 0.3 is 0 Å². The Balaban J connectivity index is 2.20. The van der Waals surface area contributed by atoms with Crippen LogP contribution in [0.15, 0.2) is 33.2 Å². The first-order valence-corrected chi connectivity index (χ1v) is 5.45. The molecular weight excluding hydrogens is 242 g/mol. The van der Waals surface area contributed by atoms with Gasteiger partial charge in [-0.1, -0.05) is 15.9 Å². The van der Waals surface area contributed by atoms with Crippen molar-refractivity contribution in [3.05, 3.63) is 34.5 Å². The Labute approximate surface area is 90.2 Å². The molecular formula is C11H10BrNO. The highest BCUT2D eigenvalue weighted by Crippen LogP contribution is 2.44. The molecule has 1 aliphatic rings. The van der Waals surface area contributed by atoms with Gasteiger partial charge in [0.25, 0.3) is 0 Å². The molecule has 0 atom stereocenters. The van der Waals surface area contributed by atoms with E-state index in [0.29, 0.717) is 0 Å². The number of rotatable bonds is 1. The topological polar surface area (TPSA) is 39.2 Å². The SMILES string of the molecule is NC1(c2cc3ccc(Br)cc3o2)CC1. The Morgan fingerprint density at radius 1 is 1.29 bits per heavy atom. The zero-order chi connectivity index (χ0) is 9.76. The van der Waals surface area contributed by atoms with E-state index in [1.807, 2.05) is 18.2 Å². The van der Waals surface area contributed by atoms with Crippen LogP contribution in [0.25, 0.3) is 11.0 Å². The van der Waals surface area contributed by atoms with Crippen molar-refractivity contribution in [2.75, 3.05) is 0 Å². The van der Waals surface area contributed by atoms with Crippen LogP contribution < -0.4 is 5.73 Å². The largest absolute Gasteiger partial charge is 0.459 e. The standard InChI is InChI=1S/C11H10BrNO/c12-8-2-1-7-5-10(11(13)3-4-11)14-9(7)6-8/h1-2,5-6H,3-4,13H2. The average Bonchev–Trinajstić information content (AvgIpc) is 2.77. The monoisotopic (exact) mass is 251 g/mol. The van der Waals surface area contributed by atoms with Gasteiger partial charge in [0.05, 0.1) is 5.54 Å². The Morgan fingerprint density at radius 3 is 2.79 bits per heavy atom. The molecule has 0 amide bonds. The van der Waals surface area contributed by atoms with Crippen LogP contribution in [0.5, 0.6) is 0 Å². The first-order valence-electron chi connectivity index (χ1n) is 4.66. The summed E-state index contributed by atoms with van der Waals surface area (Å²) in [6.07, 6.45) is 2.07. The lowest BCUT2D eigenvalue weighted by molar-refractivity contribution is 0.486. The minimum atomic E-state index is -0.175. The summed E-state index contributed by atoms with van der Waals surface area (Å²) in [5.41, 5.74) is 6.80. The van der Waals surface area contributed by atoms with E-state index in [9.17, 15) is 0 Å². The lowest BCUT2D eigenvalue weighted by atomic mass is 10.2.